The highest BCUT2D eigenvalue weighted by atomic mass is 16.3. The monoisotopic (exact) mass is 183 g/mol. The summed E-state index contributed by atoms with van der Waals surface area (Å²) in [7, 11) is 0. The van der Waals surface area contributed by atoms with E-state index in [0.29, 0.717) is 0 Å². The molecule has 0 radical (unpaired) electrons. The van der Waals surface area contributed by atoms with E-state index in [-0.39, 0.29) is 5.54 Å². The fourth-order valence-electron chi connectivity index (χ4n) is 2.11. The van der Waals surface area contributed by atoms with Crippen molar-refractivity contribution in [3.05, 3.63) is 4.91 Å². The molecule has 1 rings (SSSR count). The van der Waals surface area contributed by atoms with Gasteiger partial charge in [0.25, 0.3) is 0 Å². The molecule has 1 saturated carbocycles. The van der Waals surface area contributed by atoms with Crippen molar-refractivity contribution in [2.75, 3.05) is 0 Å². The lowest BCUT2D eigenvalue weighted by Gasteiger charge is -2.22. The molecule has 0 N–H and O–H groups in total. The Bertz CT molecular complexity index is 146. The van der Waals surface area contributed by atoms with Gasteiger partial charge in [0.05, 0.1) is 5.54 Å². The minimum Gasteiger partial charge on any atom is -0.150 e. The third-order valence-electron chi connectivity index (χ3n) is 3.15. The summed E-state index contributed by atoms with van der Waals surface area (Å²) in [5.41, 5.74) is -0.253. The third kappa shape index (κ3) is 3.88. The summed E-state index contributed by atoms with van der Waals surface area (Å²) in [6, 6.07) is 0. The molecule has 0 unspecified atom stereocenters. The first-order valence-electron chi connectivity index (χ1n) is 5.61. The van der Waals surface area contributed by atoms with E-state index in [0.717, 1.165) is 12.8 Å². The van der Waals surface area contributed by atoms with Crippen LogP contribution in [0.15, 0.2) is 5.18 Å². The standard InChI is InChI=1S/C11H21NO/c1-11(12-13)9-7-5-3-2-4-6-8-10-11/h2-10H2,1H3. The maximum Gasteiger partial charge on any atom is 0.0998 e. The molecule has 0 atom stereocenters. The van der Waals surface area contributed by atoms with Crippen LogP contribution in [0.2, 0.25) is 0 Å². The molecule has 0 amide bonds. The molecule has 0 spiro atoms. The van der Waals surface area contributed by atoms with E-state index in [1.165, 1.54) is 44.9 Å². The molecule has 2 heteroatoms. The fourth-order valence-corrected chi connectivity index (χ4v) is 2.11. The Kier molecular flexibility index (Phi) is 4.40. The van der Waals surface area contributed by atoms with Gasteiger partial charge in [-0.25, -0.2) is 0 Å². The summed E-state index contributed by atoms with van der Waals surface area (Å²) < 4.78 is 0. The lowest BCUT2D eigenvalue weighted by Crippen LogP contribution is -2.21. The molecule has 13 heavy (non-hydrogen) atoms. The van der Waals surface area contributed by atoms with Crippen LogP contribution in [-0.2, 0) is 0 Å². The second-order valence-electron chi connectivity index (χ2n) is 4.56. The van der Waals surface area contributed by atoms with E-state index >= 15 is 0 Å². The van der Waals surface area contributed by atoms with E-state index in [4.69, 9.17) is 0 Å². The van der Waals surface area contributed by atoms with Gasteiger partial charge in [-0.3, -0.25) is 0 Å². The Hall–Kier alpha value is -0.400. The zero-order chi connectivity index (χ0) is 9.57. The third-order valence-corrected chi connectivity index (χ3v) is 3.15. The van der Waals surface area contributed by atoms with Crippen LogP contribution in [0.1, 0.15) is 64.7 Å². The number of hydrogen-bond acceptors (Lipinski definition) is 2. The van der Waals surface area contributed by atoms with Gasteiger partial charge in [-0.15, -0.1) is 0 Å². The van der Waals surface area contributed by atoms with Crippen molar-refractivity contribution < 1.29 is 0 Å². The Morgan fingerprint density at radius 1 is 0.846 bits per heavy atom. The SMILES string of the molecule is CC1(N=O)CCCCCCCCC1. The number of hydrogen-bond donors (Lipinski definition) is 0. The van der Waals surface area contributed by atoms with Crippen LogP contribution in [0, 0.1) is 4.91 Å². The molecule has 0 heterocycles. The highest BCUT2D eigenvalue weighted by Crippen LogP contribution is 2.27. The zero-order valence-corrected chi connectivity index (χ0v) is 8.72. The van der Waals surface area contributed by atoms with Crippen LogP contribution < -0.4 is 0 Å². The zero-order valence-electron chi connectivity index (χ0n) is 8.72. The Morgan fingerprint density at radius 2 is 1.23 bits per heavy atom. The van der Waals surface area contributed by atoms with Gasteiger partial charge >= 0.3 is 0 Å². The average molecular weight is 183 g/mol. The summed E-state index contributed by atoms with van der Waals surface area (Å²) in [6.07, 6.45) is 11.0. The van der Waals surface area contributed by atoms with Crippen LogP contribution in [0.3, 0.4) is 0 Å². The molecule has 0 aromatic carbocycles. The maximum absolute atomic E-state index is 10.7. The lowest BCUT2D eigenvalue weighted by atomic mass is 9.88. The molecule has 1 aliphatic carbocycles. The van der Waals surface area contributed by atoms with Gasteiger partial charge in [-0.05, 0) is 19.8 Å². The van der Waals surface area contributed by atoms with Gasteiger partial charge < -0.3 is 0 Å². The summed E-state index contributed by atoms with van der Waals surface area (Å²) in [6.45, 7) is 2.02. The molecule has 0 aromatic heterocycles. The van der Waals surface area contributed by atoms with Crippen molar-refractivity contribution >= 4 is 0 Å². The molecule has 2 nitrogen and oxygen atoms in total. The second-order valence-corrected chi connectivity index (χ2v) is 4.56. The van der Waals surface area contributed by atoms with Gasteiger partial charge in [-0.2, -0.15) is 4.91 Å². The van der Waals surface area contributed by atoms with Crippen molar-refractivity contribution in [1.82, 2.24) is 0 Å². The molecule has 0 aliphatic heterocycles. The first kappa shape index (κ1) is 10.7. The predicted octanol–water partition coefficient (Wildman–Crippen LogP) is 4.04. The molecular formula is C11H21NO. The highest BCUT2D eigenvalue weighted by molar-refractivity contribution is 4.82. The minimum atomic E-state index is -0.253. The van der Waals surface area contributed by atoms with Crippen molar-refractivity contribution in [3.63, 3.8) is 0 Å². The smallest absolute Gasteiger partial charge is 0.0998 e. The molecule has 0 saturated heterocycles. The second kappa shape index (κ2) is 5.36. The fraction of sp³-hybridized carbons (Fsp3) is 1.00. The molecule has 0 bridgehead atoms. The lowest BCUT2D eigenvalue weighted by molar-refractivity contribution is 0.353. The summed E-state index contributed by atoms with van der Waals surface area (Å²) in [4.78, 5) is 10.7. The predicted molar refractivity (Wildman–Crippen MR) is 55.8 cm³/mol. The van der Waals surface area contributed by atoms with Gasteiger partial charge in [0.1, 0.15) is 0 Å². The Morgan fingerprint density at radius 3 is 1.62 bits per heavy atom. The van der Waals surface area contributed by atoms with Gasteiger partial charge in [0, 0.05) is 0 Å². The number of rotatable bonds is 1. The molecular weight excluding hydrogens is 162 g/mol. The van der Waals surface area contributed by atoms with Crippen LogP contribution in [0.25, 0.3) is 0 Å². The molecule has 0 aromatic rings. The summed E-state index contributed by atoms with van der Waals surface area (Å²) in [5, 5.41) is 3.30. The van der Waals surface area contributed by atoms with Crippen LogP contribution in [-0.4, -0.2) is 5.54 Å². The van der Waals surface area contributed by atoms with Gasteiger partial charge in [-0.1, -0.05) is 50.1 Å². The number of nitroso groups, excluding NO2 is 1. The average Bonchev–Trinajstić information content (AvgIpc) is 2.16. The van der Waals surface area contributed by atoms with Crippen LogP contribution in [0.5, 0.6) is 0 Å². The van der Waals surface area contributed by atoms with Gasteiger partial charge in [0.15, 0.2) is 0 Å². The molecule has 1 fully saturated rings. The first-order valence-corrected chi connectivity index (χ1v) is 5.61. The van der Waals surface area contributed by atoms with Crippen molar-refractivity contribution in [3.8, 4) is 0 Å². The van der Waals surface area contributed by atoms with Gasteiger partial charge in [0.2, 0.25) is 0 Å². The normalized spacial score (nSPS) is 25.0. The Balaban J connectivity index is 2.39. The van der Waals surface area contributed by atoms with Crippen molar-refractivity contribution in [1.29, 1.82) is 0 Å². The van der Waals surface area contributed by atoms with Crippen molar-refractivity contribution in [2.45, 2.75) is 70.3 Å². The summed E-state index contributed by atoms with van der Waals surface area (Å²) >= 11 is 0. The minimum absolute atomic E-state index is 0.253. The Labute approximate surface area is 81.1 Å². The largest absolute Gasteiger partial charge is 0.150 e. The van der Waals surface area contributed by atoms with Crippen LogP contribution >= 0.6 is 0 Å². The topological polar surface area (TPSA) is 29.4 Å². The maximum atomic E-state index is 10.7. The van der Waals surface area contributed by atoms with Crippen molar-refractivity contribution in [2.24, 2.45) is 5.18 Å². The van der Waals surface area contributed by atoms with E-state index in [1.807, 2.05) is 6.92 Å². The molecule has 1 aliphatic rings. The van der Waals surface area contributed by atoms with E-state index in [1.54, 1.807) is 0 Å². The van der Waals surface area contributed by atoms with Crippen LogP contribution in [0.4, 0.5) is 0 Å². The first-order chi connectivity index (χ1) is 6.27. The van der Waals surface area contributed by atoms with E-state index in [2.05, 4.69) is 5.18 Å². The highest BCUT2D eigenvalue weighted by Gasteiger charge is 2.24. The van der Waals surface area contributed by atoms with E-state index in [9.17, 15) is 4.91 Å². The van der Waals surface area contributed by atoms with E-state index < -0.39 is 0 Å². The summed E-state index contributed by atoms with van der Waals surface area (Å²) in [5.74, 6) is 0. The number of nitrogens with zero attached hydrogens (tertiary/aromatic N) is 1. The molecule has 76 valence electrons. The quantitative estimate of drug-likeness (QED) is 0.564.